The fraction of sp³-hybridized carbons (Fsp3) is 0.235. The van der Waals surface area contributed by atoms with Crippen molar-refractivity contribution in [2.45, 2.75) is 26.6 Å². The SMILES string of the molecule is CC(=O)OC(C)c1cc(F)cc(OCc2ccccc2)c1. The third-order valence-corrected chi connectivity index (χ3v) is 2.95. The number of ether oxygens (including phenoxy) is 2. The molecule has 0 aliphatic carbocycles. The Bertz CT molecular complexity index is 611. The normalized spacial score (nSPS) is 11.8. The number of rotatable bonds is 5. The van der Waals surface area contributed by atoms with Gasteiger partial charge in [-0.15, -0.1) is 0 Å². The van der Waals surface area contributed by atoms with Crippen LogP contribution in [-0.2, 0) is 16.1 Å². The molecule has 0 saturated heterocycles. The highest BCUT2D eigenvalue weighted by Crippen LogP contribution is 2.24. The average Bonchev–Trinajstić information content (AvgIpc) is 2.45. The van der Waals surface area contributed by atoms with Crippen molar-refractivity contribution in [2.24, 2.45) is 0 Å². The lowest BCUT2D eigenvalue weighted by Crippen LogP contribution is -2.05. The van der Waals surface area contributed by atoms with E-state index in [0.29, 0.717) is 17.9 Å². The molecule has 2 aromatic rings. The zero-order valence-corrected chi connectivity index (χ0v) is 12.0. The number of benzene rings is 2. The van der Waals surface area contributed by atoms with Crippen LogP contribution in [-0.4, -0.2) is 5.97 Å². The quantitative estimate of drug-likeness (QED) is 0.779. The molecule has 0 aliphatic rings. The van der Waals surface area contributed by atoms with Crippen LogP contribution in [0.15, 0.2) is 48.5 Å². The van der Waals surface area contributed by atoms with E-state index in [1.807, 2.05) is 30.3 Å². The van der Waals surface area contributed by atoms with Crippen LogP contribution in [0.2, 0.25) is 0 Å². The minimum absolute atomic E-state index is 0.353. The van der Waals surface area contributed by atoms with Gasteiger partial charge in [-0.1, -0.05) is 30.3 Å². The van der Waals surface area contributed by atoms with Crippen molar-refractivity contribution in [1.29, 1.82) is 0 Å². The summed E-state index contributed by atoms with van der Waals surface area (Å²) < 4.78 is 24.3. The maximum absolute atomic E-state index is 13.6. The number of esters is 1. The van der Waals surface area contributed by atoms with Gasteiger partial charge in [0, 0.05) is 13.0 Å². The Hall–Kier alpha value is -2.36. The number of halogens is 1. The van der Waals surface area contributed by atoms with Crippen LogP contribution in [0.1, 0.15) is 31.1 Å². The van der Waals surface area contributed by atoms with Gasteiger partial charge in [0.15, 0.2) is 0 Å². The molecule has 0 fully saturated rings. The molecular formula is C17H17FO3. The van der Waals surface area contributed by atoms with E-state index in [4.69, 9.17) is 9.47 Å². The van der Waals surface area contributed by atoms with Gasteiger partial charge < -0.3 is 9.47 Å². The third kappa shape index (κ3) is 4.60. The molecule has 3 nitrogen and oxygen atoms in total. The van der Waals surface area contributed by atoms with Gasteiger partial charge >= 0.3 is 5.97 Å². The molecule has 0 aromatic heterocycles. The monoisotopic (exact) mass is 288 g/mol. The van der Waals surface area contributed by atoms with Crippen molar-refractivity contribution in [2.75, 3.05) is 0 Å². The molecule has 0 spiro atoms. The van der Waals surface area contributed by atoms with Crippen molar-refractivity contribution in [3.8, 4) is 5.75 Å². The van der Waals surface area contributed by atoms with Crippen molar-refractivity contribution in [1.82, 2.24) is 0 Å². The Kier molecular flexibility index (Phi) is 4.93. The predicted molar refractivity (Wildman–Crippen MR) is 77.4 cm³/mol. The topological polar surface area (TPSA) is 35.5 Å². The highest BCUT2D eigenvalue weighted by atomic mass is 19.1. The summed E-state index contributed by atoms with van der Waals surface area (Å²) in [5, 5.41) is 0. The fourth-order valence-corrected chi connectivity index (χ4v) is 1.96. The average molecular weight is 288 g/mol. The predicted octanol–water partition coefficient (Wildman–Crippen LogP) is 4.03. The van der Waals surface area contributed by atoms with Gasteiger partial charge in [0.2, 0.25) is 0 Å². The molecule has 1 unspecified atom stereocenters. The smallest absolute Gasteiger partial charge is 0.303 e. The number of hydrogen-bond donors (Lipinski definition) is 0. The summed E-state index contributed by atoms with van der Waals surface area (Å²) >= 11 is 0. The molecule has 1 atom stereocenters. The molecule has 110 valence electrons. The molecule has 0 bridgehead atoms. The Morgan fingerprint density at radius 3 is 2.57 bits per heavy atom. The van der Waals surface area contributed by atoms with E-state index < -0.39 is 17.9 Å². The zero-order valence-electron chi connectivity index (χ0n) is 12.0. The Morgan fingerprint density at radius 2 is 1.90 bits per heavy atom. The first-order valence-electron chi connectivity index (χ1n) is 6.69. The lowest BCUT2D eigenvalue weighted by atomic mass is 10.1. The third-order valence-electron chi connectivity index (χ3n) is 2.95. The largest absolute Gasteiger partial charge is 0.489 e. The van der Waals surface area contributed by atoms with Gasteiger partial charge in [0.25, 0.3) is 0 Å². The lowest BCUT2D eigenvalue weighted by molar-refractivity contribution is -0.145. The number of carbonyl (C=O) groups is 1. The summed E-state index contributed by atoms with van der Waals surface area (Å²) in [4.78, 5) is 11.0. The molecule has 0 amide bonds. The standard InChI is InChI=1S/C17H17FO3/c1-12(21-13(2)19)15-8-16(18)10-17(9-15)20-11-14-6-4-3-5-7-14/h3-10,12H,11H2,1-2H3. The van der Waals surface area contributed by atoms with Crippen LogP contribution in [0.3, 0.4) is 0 Å². The first kappa shape index (κ1) is 15.0. The van der Waals surface area contributed by atoms with Gasteiger partial charge in [0.05, 0.1) is 0 Å². The molecule has 2 rings (SSSR count). The van der Waals surface area contributed by atoms with Gasteiger partial charge in [-0.3, -0.25) is 4.79 Å². The minimum atomic E-state index is -0.516. The van der Waals surface area contributed by atoms with Gasteiger partial charge in [-0.25, -0.2) is 4.39 Å². The Balaban J connectivity index is 2.09. The second kappa shape index (κ2) is 6.88. The van der Waals surface area contributed by atoms with E-state index in [2.05, 4.69) is 0 Å². The maximum Gasteiger partial charge on any atom is 0.303 e. The molecule has 0 radical (unpaired) electrons. The number of hydrogen-bond acceptors (Lipinski definition) is 3. The van der Waals surface area contributed by atoms with Gasteiger partial charge in [-0.2, -0.15) is 0 Å². The molecule has 21 heavy (non-hydrogen) atoms. The molecule has 0 heterocycles. The summed E-state index contributed by atoms with van der Waals surface area (Å²) in [7, 11) is 0. The van der Waals surface area contributed by atoms with Crippen LogP contribution in [0.25, 0.3) is 0 Å². The first-order chi connectivity index (χ1) is 10.0. The zero-order chi connectivity index (χ0) is 15.2. The first-order valence-corrected chi connectivity index (χ1v) is 6.69. The maximum atomic E-state index is 13.6. The van der Waals surface area contributed by atoms with Crippen molar-refractivity contribution >= 4 is 5.97 Å². The summed E-state index contributed by atoms with van der Waals surface area (Å²) in [5.41, 5.74) is 1.56. The Morgan fingerprint density at radius 1 is 1.19 bits per heavy atom. The van der Waals surface area contributed by atoms with E-state index in [1.165, 1.54) is 19.1 Å². The van der Waals surface area contributed by atoms with Crippen LogP contribution >= 0.6 is 0 Å². The van der Waals surface area contributed by atoms with Gasteiger partial charge in [-0.05, 0) is 30.2 Å². The second-order valence-electron chi connectivity index (χ2n) is 4.75. The van der Waals surface area contributed by atoms with Crippen LogP contribution < -0.4 is 4.74 Å². The molecule has 4 heteroatoms. The van der Waals surface area contributed by atoms with Crippen molar-refractivity contribution in [3.05, 3.63) is 65.5 Å². The van der Waals surface area contributed by atoms with E-state index in [-0.39, 0.29) is 0 Å². The van der Waals surface area contributed by atoms with Gasteiger partial charge in [0.1, 0.15) is 24.3 Å². The van der Waals surface area contributed by atoms with Crippen LogP contribution in [0, 0.1) is 5.82 Å². The summed E-state index contributed by atoms with van der Waals surface area (Å²) in [6.45, 7) is 3.37. The fourth-order valence-electron chi connectivity index (χ4n) is 1.96. The summed E-state index contributed by atoms with van der Waals surface area (Å²) in [6.07, 6.45) is -0.516. The van der Waals surface area contributed by atoms with E-state index in [9.17, 15) is 9.18 Å². The Labute approximate surface area is 123 Å². The lowest BCUT2D eigenvalue weighted by Gasteiger charge is -2.14. The molecular weight excluding hydrogens is 271 g/mol. The van der Waals surface area contributed by atoms with E-state index >= 15 is 0 Å². The molecule has 2 aromatic carbocycles. The second-order valence-corrected chi connectivity index (χ2v) is 4.75. The van der Waals surface area contributed by atoms with E-state index in [0.717, 1.165) is 5.56 Å². The number of carbonyl (C=O) groups excluding carboxylic acids is 1. The molecule has 0 aliphatic heterocycles. The van der Waals surface area contributed by atoms with Crippen molar-refractivity contribution in [3.63, 3.8) is 0 Å². The molecule has 0 N–H and O–H groups in total. The highest BCUT2D eigenvalue weighted by Gasteiger charge is 2.12. The minimum Gasteiger partial charge on any atom is -0.489 e. The molecule has 0 saturated carbocycles. The summed E-state index contributed by atoms with van der Waals surface area (Å²) in [5.74, 6) is -0.416. The van der Waals surface area contributed by atoms with E-state index in [1.54, 1.807) is 13.0 Å². The van der Waals surface area contributed by atoms with Crippen LogP contribution in [0.4, 0.5) is 4.39 Å². The van der Waals surface area contributed by atoms with Crippen LogP contribution in [0.5, 0.6) is 5.75 Å². The summed E-state index contributed by atoms with van der Waals surface area (Å²) in [6, 6.07) is 13.9. The van der Waals surface area contributed by atoms with Crippen molar-refractivity contribution < 1.29 is 18.7 Å². The highest BCUT2D eigenvalue weighted by molar-refractivity contribution is 5.66.